The van der Waals surface area contributed by atoms with Crippen LogP contribution in [0.3, 0.4) is 0 Å². The Balaban J connectivity index is 2.24. The SMILES string of the molecule is NC(=O)C(C=CCCC(=O)OCc1ccccc1)CCCCO. The summed E-state index contributed by atoms with van der Waals surface area (Å²) >= 11 is 0. The molecule has 0 saturated carbocycles. The molecule has 5 heteroatoms. The van der Waals surface area contributed by atoms with Crippen molar-refractivity contribution in [2.24, 2.45) is 11.7 Å². The fourth-order valence-corrected chi connectivity index (χ4v) is 2.08. The summed E-state index contributed by atoms with van der Waals surface area (Å²) in [5.41, 5.74) is 6.28. The van der Waals surface area contributed by atoms with Gasteiger partial charge in [0.15, 0.2) is 0 Å². The molecule has 126 valence electrons. The lowest BCUT2D eigenvalue weighted by Gasteiger charge is -2.07. The summed E-state index contributed by atoms with van der Waals surface area (Å²) in [5, 5.41) is 8.74. The van der Waals surface area contributed by atoms with E-state index in [0.717, 1.165) is 12.0 Å². The Labute approximate surface area is 137 Å². The van der Waals surface area contributed by atoms with Gasteiger partial charge in [-0.05, 0) is 24.8 Å². The normalized spacial score (nSPS) is 12.2. The number of allylic oxidation sites excluding steroid dienone is 1. The van der Waals surface area contributed by atoms with Crippen LogP contribution in [0.5, 0.6) is 0 Å². The van der Waals surface area contributed by atoms with Gasteiger partial charge in [-0.3, -0.25) is 9.59 Å². The molecule has 0 spiro atoms. The third-order valence-electron chi connectivity index (χ3n) is 3.41. The second-order valence-corrected chi connectivity index (χ2v) is 5.34. The van der Waals surface area contributed by atoms with E-state index in [0.29, 0.717) is 19.3 Å². The van der Waals surface area contributed by atoms with Crippen LogP contribution in [-0.2, 0) is 20.9 Å². The van der Waals surface area contributed by atoms with Crippen molar-refractivity contribution in [3.05, 3.63) is 48.0 Å². The van der Waals surface area contributed by atoms with E-state index in [1.807, 2.05) is 30.3 Å². The van der Waals surface area contributed by atoms with Crippen molar-refractivity contribution < 1.29 is 19.4 Å². The minimum absolute atomic E-state index is 0.114. The number of amides is 1. The van der Waals surface area contributed by atoms with Crippen LogP contribution in [0.25, 0.3) is 0 Å². The average Bonchev–Trinajstić information content (AvgIpc) is 2.56. The van der Waals surface area contributed by atoms with Crippen LogP contribution in [0.1, 0.15) is 37.7 Å². The Kier molecular flexibility index (Phi) is 9.40. The molecule has 0 aliphatic heterocycles. The Morgan fingerprint density at radius 2 is 1.96 bits per heavy atom. The molecule has 1 unspecified atom stereocenters. The van der Waals surface area contributed by atoms with Crippen LogP contribution >= 0.6 is 0 Å². The summed E-state index contributed by atoms with van der Waals surface area (Å²) in [4.78, 5) is 22.9. The van der Waals surface area contributed by atoms with Crippen molar-refractivity contribution >= 4 is 11.9 Å². The highest BCUT2D eigenvalue weighted by atomic mass is 16.5. The lowest BCUT2D eigenvalue weighted by Crippen LogP contribution is -2.21. The molecule has 0 heterocycles. The van der Waals surface area contributed by atoms with Gasteiger partial charge >= 0.3 is 5.97 Å². The number of carbonyl (C=O) groups is 2. The Hall–Kier alpha value is -2.14. The van der Waals surface area contributed by atoms with E-state index < -0.39 is 0 Å². The maximum atomic E-state index is 11.6. The number of unbranched alkanes of at least 4 members (excludes halogenated alkanes) is 1. The van der Waals surface area contributed by atoms with Gasteiger partial charge in [0.1, 0.15) is 6.61 Å². The number of hydrogen-bond donors (Lipinski definition) is 2. The number of hydrogen-bond acceptors (Lipinski definition) is 4. The van der Waals surface area contributed by atoms with Crippen LogP contribution in [-0.4, -0.2) is 23.6 Å². The van der Waals surface area contributed by atoms with Crippen molar-refractivity contribution in [1.29, 1.82) is 0 Å². The quantitative estimate of drug-likeness (QED) is 0.372. The molecule has 23 heavy (non-hydrogen) atoms. The van der Waals surface area contributed by atoms with Gasteiger partial charge in [-0.25, -0.2) is 0 Å². The fraction of sp³-hybridized carbons (Fsp3) is 0.444. The van der Waals surface area contributed by atoms with Crippen molar-refractivity contribution in [3.8, 4) is 0 Å². The number of rotatable bonds is 11. The van der Waals surface area contributed by atoms with Gasteiger partial charge in [0.25, 0.3) is 0 Å². The number of carbonyl (C=O) groups excluding carboxylic acids is 2. The van der Waals surface area contributed by atoms with Gasteiger partial charge < -0.3 is 15.6 Å². The Bertz CT molecular complexity index is 499. The molecule has 0 fully saturated rings. The predicted octanol–water partition coefficient (Wildman–Crippen LogP) is 2.33. The molecule has 0 bridgehead atoms. The van der Waals surface area contributed by atoms with E-state index in [1.165, 1.54) is 0 Å². The highest BCUT2D eigenvalue weighted by molar-refractivity contribution is 5.78. The monoisotopic (exact) mass is 319 g/mol. The van der Waals surface area contributed by atoms with E-state index in [1.54, 1.807) is 12.2 Å². The highest BCUT2D eigenvalue weighted by Crippen LogP contribution is 2.11. The lowest BCUT2D eigenvalue weighted by molar-refractivity contribution is -0.144. The molecule has 0 aliphatic rings. The second-order valence-electron chi connectivity index (χ2n) is 5.34. The summed E-state index contributed by atoms with van der Waals surface area (Å²) in [5.74, 6) is -0.998. The largest absolute Gasteiger partial charge is 0.461 e. The third kappa shape index (κ3) is 8.78. The van der Waals surface area contributed by atoms with Gasteiger partial charge in [-0.1, -0.05) is 48.9 Å². The zero-order chi connectivity index (χ0) is 16.9. The number of aliphatic hydroxyl groups is 1. The molecule has 0 aromatic heterocycles. The van der Waals surface area contributed by atoms with Crippen molar-refractivity contribution in [2.45, 2.75) is 38.7 Å². The molecule has 1 amide bonds. The van der Waals surface area contributed by atoms with E-state index in [4.69, 9.17) is 15.6 Å². The van der Waals surface area contributed by atoms with E-state index in [9.17, 15) is 9.59 Å². The molecule has 1 aromatic carbocycles. The smallest absolute Gasteiger partial charge is 0.306 e. The molecule has 1 rings (SSSR count). The van der Waals surface area contributed by atoms with Crippen LogP contribution in [0.2, 0.25) is 0 Å². The van der Waals surface area contributed by atoms with Crippen LogP contribution in [0.4, 0.5) is 0 Å². The Morgan fingerprint density at radius 1 is 1.22 bits per heavy atom. The van der Waals surface area contributed by atoms with Crippen LogP contribution < -0.4 is 5.73 Å². The molecule has 5 nitrogen and oxygen atoms in total. The van der Waals surface area contributed by atoms with Gasteiger partial charge in [-0.15, -0.1) is 0 Å². The third-order valence-corrected chi connectivity index (χ3v) is 3.41. The Morgan fingerprint density at radius 3 is 2.61 bits per heavy atom. The molecule has 0 radical (unpaired) electrons. The van der Waals surface area contributed by atoms with Crippen LogP contribution in [0.15, 0.2) is 42.5 Å². The lowest BCUT2D eigenvalue weighted by atomic mass is 10.0. The van der Waals surface area contributed by atoms with E-state index in [-0.39, 0.29) is 37.4 Å². The summed E-state index contributed by atoms with van der Waals surface area (Å²) in [6, 6.07) is 9.50. The molecule has 1 atom stereocenters. The molecule has 3 N–H and O–H groups in total. The predicted molar refractivity (Wildman–Crippen MR) is 88.2 cm³/mol. The van der Waals surface area contributed by atoms with Gasteiger partial charge in [0.05, 0.1) is 5.92 Å². The first-order valence-corrected chi connectivity index (χ1v) is 7.90. The number of esters is 1. The summed E-state index contributed by atoms with van der Waals surface area (Å²) in [6.45, 7) is 0.386. The average molecular weight is 319 g/mol. The maximum Gasteiger partial charge on any atom is 0.306 e. The van der Waals surface area contributed by atoms with Crippen LogP contribution in [0, 0.1) is 5.92 Å². The zero-order valence-corrected chi connectivity index (χ0v) is 13.3. The van der Waals surface area contributed by atoms with Crippen molar-refractivity contribution in [1.82, 2.24) is 0 Å². The molecular formula is C18H25NO4. The van der Waals surface area contributed by atoms with Crippen molar-refractivity contribution in [3.63, 3.8) is 0 Å². The minimum atomic E-state index is -0.383. The summed E-state index contributed by atoms with van der Waals surface area (Å²) in [6.07, 6.45) is 6.33. The minimum Gasteiger partial charge on any atom is -0.461 e. The number of ether oxygens (including phenoxy) is 1. The van der Waals surface area contributed by atoms with Crippen molar-refractivity contribution in [2.75, 3.05) is 6.61 Å². The fourth-order valence-electron chi connectivity index (χ4n) is 2.08. The van der Waals surface area contributed by atoms with Gasteiger partial charge in [0, 0.05) is 13.0 Å². The summed E-state index contributed by atoms with van der Waals surface area (Å²) < 4.78 is 5.17. The summed E-state index contributed by atoms with van der Waals surface area (Å²) in [7, 11) is 0. The first-order chi connectivity index (χ1) is 11.1. The van der Waals surface area contributed by atoms with Gasteiger partial charge in [-0.2, -0.15) is 0 Å². The number of benzene rings is 1. The topological polar surface area (TPSA) is 89.6 Å². The highest BCUT2D eigenvalue weighted by Gasteiger charge is 2.10. The van der Waals surface area contributed by atoms with E-state index >= 15 is 0 Å². The standard InChI is InChI=1S/C18H25NO4/c19-18(22)16(11-6-7-13-20)10-4-5-12-17(21)23-14-15-8-2-1-3-9-15/h1-4,8-10,16,20H,5-7,11-14H2,(H2,19,22). The molecule has 0 aliphatic carbocycles. The van der Waals surface area contributed by atoms with E-state index in [2.05, 4.69) is 0 Å². The molecule has 0 saturated heterocycles. The zero-order valence-electron chi connectivity index (χ0n) is 13.3. The number of primary amides is 1. The maximum absolute atomic E-state index is 11.6. The first-order valence-electron chi connectivity index (χ1n) is 7.90. The first kappa shape index (κ1) is 18.9. The number of nitrogens with two attached hydrogens (primary N) is 1. The molecular weight excluding hydrogens is 294 g/mol. The number of aliphatic hydroxyl groups excluding tert-OH is 1. The van der Waals surface area contributed by atoms with Gasteiger partial charge in [0.2, 0.25) is 5.91 Å². The molecule has 1 aromatic rings. The second kappa shape index (κ2) is 11.4.